The number of piperazine rings is 1. The Bertz CT molecular complexity index is 926. The van der Waals surface area contributed by atoms with Crippen LogP contribution in [0.25, 0.3) is 11.4 Å². The summed E-state index contributed by atoms with van der Waals surface area (Å²) in [7, 11) is 1.85. The molecule has 26 heavy (non-hydrogen) atoms. The van der Waals surface area contributed by atoms with Gasteiger partial charge in [0.2, 0.25) is 5.91 Å². The first-order valence-electron chi connectivity index (χ1n) is 8.97. The Balaban J connectivity index is 1.44. The zero-order valence-corrected chi connectivity index (χ0v) is 14.5. The summed E-state index contributed by atoms with van der Waals surface area (Å²) in [4.78, 5) is 25.7. The minimum absolute atomic E-state index is 0.228. The van der Waals surface area contributed by atoms with Crippen molar-refractivity contribution in [3.05, 3.63) is 24.2 Å². The largest absolute Gasteiger partial charge is 0.348 e. The van der Waals surface area contributed by atoms with Gasteiger partial charge in [-0.3, -0.25) is 9.48 Å². The molecule has 4 heterocycles. The molecule has 0 N–H and O–H groups in total. The van der Waals surface area contributed by atoms with Crippen LogP contribution in [0, 0.1) is 17.2 Å². The number of fused-ring (bicyclic) bond motifs is 2. The van der Waals surface area contributed by atoms with Crippen LogP contribution in [0.2, 0.25) is 0 Å². The van der Waals surface area contributed by atoms with Gasteiger partial charge in [-0.15, -0.1) is 0 Å². The second-order valence-corrected chi connectivity index (χ2v) is 7.41. The molecule has 8 nitrogen and oxygen atoms in total. The molecule has 132 valence electrons. The van der Waals surface area contributed by atoms with Gasteiger partial charge < -0.3 is 9.80 Å². The molecule has 1 saturated carbocycles. The number of carbonyl (C=O) groups excluding carboxylic acids is 1. The molecule has 8 heteroatoms. The topological polar surface area (TPSA) is 90.9 Å². The molecule has 1 amide bonds. The Kier molecular flexibility index (Phi) is 3.26. The van der Waals surface area contributed by atoms with Crippen molar-refractivity contribution in [2.24, 2.45) is 13.0 Å². The first-order chi connectivity index (χ1) is 12.6. The maximum Gasteiger partial charge on any atom is 0.226 e. The SMILES string of the molecule is Cn1cc(-c2ncc(C#N)c(N3C[C@H]4C[C@H]3CN4C(=O)C3CC3)n2)cn1. The van der Waals surface area contributed by atoms with Gasteiger partial charge in [-0.1, -0.05) is 0 Å². The van der Waals surface area contributed by atoms with Gasteiger partial charge in [0, 0.05) is 32.3 Å². The average molecular weight is 349 g/mol. The Morgan fingerprint density at radius 2 is 2.12 bits per heavy atom. The van der Waals surface area contributed by atoms with Gasteiger partial charge in [0.05, 0.1) is 30.0 Å². The number of carbonyl (C=O) groups is 1. The molecule has 3 aliphatic rings. The number of hydrogen-bond donors (Lipinski definition) is 0. The lowest BCUT2D eigenvalue weighted by Gasteiger charge is -2.35. The van der Waals surface area contributed by atoms with Gasteiger partial charge in [-0.2, -0.15) is 10.4 Å². The molecule has 2 atom stereocenters. The van der Waals surface area contributed by atoms with Crippen LogP contribution >= 0.6 is 0 Å². The minimum Gasteiger partial charge on any atom is -0.348 e. The summed E-state index contributed by atoms with van der Waals surface area (Å²) < 4.78 is 1.70. The van der Waals surface area contributed by atoms with Crippen LogP contribution in [-0.2, 0) is 11.8 Å². The maximum absolute atomic E-state index is 12.4. The van der Waals surface area contributed by atoms with Crippen molar-refractivity contribution in [1.29, 1.82) is 5.26 Å². The summed E-state index contributed by atoms with van der Waals surface area (Å²) >= 11 is 0. The van der Waals surface area contributed by atoms with Crippen LogP contribution in [0.5, 0.6) is 0 Å². The van der Waals surface area contributed by atoms with E-state index in [1.807, 2.05) is 18.1 Å². The number of rotatable bonds is 3. The van der Waals surface area contributed by atoms with Gasteiger partial charge in [0.25, 0.3) is 0 Å². The second-order valence-electron chi connectivity index (χ2n) is 7.41. The standard InChI is InChI=1S/C18H19N7O/c1-23-8-13(7-21-23)16-20-6-12(5-19)17(22-16)24-9-15-4-14(24)10-25(15)18(26)11-2-3-11/h6-8,11,14-15H,2-4,9-10H2,1H3/t14-,15+/m0/s1. The number of aromatic nitrogens is 4. The minimum atomic E-state index is 0.228. The van der Waals surface area contributed by atoms with E-state index in [0.29, 0.717) is 23.1 Å². The van der Waals surface area contributed by atoms with Crippen molar-refractivity contribution in [3.63, 3.8) is 0 Å². The van der Waals surface area contributed by atoms with E-state index >= 15 is 0 Å². The normalized spacial score (nSPS) is 24.2. The molecule has 0 spiro atoms. The van der Waals surface area contributed by atoms with E-state index < -0.39 is 0 Å². The molecule has 0 radical (unpaired) electrons. The van der Waals surface area contributed by atoms with Crippen molar-refractivity contribution in [2.75, 3.05) is 18.0 Å². The van der Waals surface area contributed by atoms with Crippen LogP contribution in [0.1, 0.15) is 24.8 Å². The van der Waals surface area contributed by atoms with Gasteiger partial charge in [0.1, 0.15) is 11.6 Å². The zero-order valence-electron chi connectivity index (χ0n) is 14.5. The second kappa shape index (κ2) is 5.53. The molecule has 2 aromatic heterocycles. The van der Waals surface area contributed by atoms with Crippen LogP contribution in [0.15, 0.2) is 18.6 Å². The lowest BCUT2D eigenvalue weighted by atomic mass is 10.2. The van der Waals surface area contributed by atoms with E-state index in [9.17, 15) is 10.1 Å². The molecule has 2 saturated heterocycles. The van der Waals surface area contributed by atoms with E-state index in [4.69, 9.17) is 0 Å². The molecule has 3 fully saturated rings. The smallest absolute Gasteiger partial charge is 0.226 e. The molecule has 1 aliphatic carbocycles. The maximum atomic E-state index is 12.4. The monoisotopic (exact) mass is 349 g/mol. The predicted octanol–water partition coefficient (Wildman–Crippen LogP) is 0.948. The van der Waals surface area contributed by atoms with Gasteiger partial charge in [0.15, 0.2) is 11.6 Å². The fourth-order valence-electron chi connectivity index (χ4n) is 4.11. The first-order valence-corrected chi connectivity index (χ1v) is 8.97. The van der Waals surface area contributed by atoms with Crippen molar-refractivity contribution in [3.8, 4) is 17.5 Å². The average Bonchev–Trinajstić information content (AvgIpc) is 3.09. The summed E-state index contributed by atoms with van der Waals surface area (Å²) in [6, 6.07) is 2.67. The third-order valence-corrected chi connectivity index (χ3v) is 5.57. The first kappa shape index (κ1) is 15.3. The van der Waals surface area contributed by atoms with Crippen molar-refractivity contribution >= 4 is 11.7 Å². The molecule has 0 unspecified atom stereocenters. The summed E-state index contributed by atoms with van der Waals surface area (Å²) in [5.74, 6) is 1.82. The van der Waals surface area contributed by atoms with E-state index in [-0.39, 0.29) is 18.0 Å². The van der Waals surface area contributed by atoms with E-state index in [1.165, 1.54) is 0 Å². The number of nitriles is 1. The number of nitrogens with zero attached hydrogens (tertiary/aromatic N) is 7. The van der Waals surface area contributed by atoms with Crippen molar-refractivity contribution < 1.29 is 4.79 Å². The molecule has 2 bridgehead atoms. The number of anilines is 1. The number of aryl methyl sites for hydroxylation is 1. The summed E-state index contributed by atoms with van der Waals surface area (Å²) in [5.41, 5.74) is 1.30. The highest BCUT2D eigenvalue weighted by Gasteiger charge is 2.48. The van der Waals surface area contributed by atoms with Crippen LogP contribution in [-0.4, -0.2) is 55.7 Å². The van der Waals surface area contributed by atoms with E-state index in [0.717, 1.165) is 37.9 Å². The number of hydrogen-bond acceptors (Lipinski definition) is 6. The quantitative estimate of drug-likeness (QED) is 0.819. The molecule has 5 rings (SSSR count). The highest BCUT2D eigenvalue weighted by atomic mass is 16.2. The molecule has 2 aliphatic heterocycles. The Morgan fingerprint density at radius 3 is 2.73 bits per heavy atom. The van der Waals surface area contributed by atoms with E-state index in [1.54, 1.807) is 17.1 Å². The fraction of sp³-hybridized carbons (Fsp3) is 0.500. The molecular weight excluding hydrogens is 330 g/mol. The number of amides is 1. The highest BCUT2D eigenvalue weighted by Crippen LogP contribution is 2.39. The van der Waals surface area contributed by atoms with Crippen LogP contribution in [0.4, 0.5) is 5.82 Å². The molecular formula is C18H19N7O. The van der Waals surface area contributed by atoms with Crippen LogP contribution in [0.3, 0.4) is 0 Å². The molecule has 2 aromatic rings. The summed E-state index contributed by atoms with van der Waals surface area (Å²) in [5, 5.41) is 13.7. The van der Waals surface area contributed by atoms with Crippen molar-refractivity contribution in [1.82, 2.24) is 24.6 Å². The summed E-state index contributed by atoms with van der Waals surface area (Å²) in [6.07, 6.45) is 8.19. The van der Waals surface area contributed by atoms with Gasteiger partial charge in [-0.05, 0) is 19.3 Å². The van der Waals surface area contributed by atoms with Gasteiger partial charge >= 0.3 is 0 Å². The fourth-order valence-corrected chi connectivity index (χ4v) is 4.11. The third-order valence-electron chi connectivity index (χ3n) is 5.57. The van der Waals surface area contributed by atoms with E-state index in [2.05, 4.69) is 26.0 Å². The zero-order chi connectivity index (χ0) is 17.8. The highest BCUT2D eigenvalue weighted by molar-refractivity contribution is 5.82. The van der Waals surface area contributed by atoms with Crippen molar-refractivity contribution in [2.45, 2.75) is 31.3 Å². The Hall–Kier alpha value is -2.95. The number of likely N-dealkylation sites (tertiary alicyclic amines) is 1. The predicted molar refractivity (Wildman–Crippen MR) is 92.9 cm³/mol. The van der Waals surface area contributed by atoms with Gasteiger partial charge in [-0.25, -0.2) is 9.97 Å². The lowest BCUT2D eigenvalue weighted by molar-refractivity contribution is -0.133. The third kappa shape index (κ3) is 2.35. The Morgan fingerprint density at radius 1 is 1.27 bits per heavy atom. The summed E-state index contributed by atoms with van der Waals surface area (Å²) in [6.45, 7) is 1.47. The van der Waals surface area contributed by atoms with Crippen LogP contribution < -0.4 is 4.90 Å². The molecule has 0 aromatic carbocycles. The Labute approximate surface area is 151 Å². The lowest BCUT2D eigenvalue weighted by Crippen LogP contribution is -2.49.